The summed E-state index contributed by atoms with van der Waals surface area (Å²) in [6.07, 6.45) is 5.79. The Kier molecular flexibility index (Phi) is 4.24. The van der Waals surface area contributed by atoms with Gasteiger partial charge in [0.25, 0.3) is 0 Å². The predicted molar refractivity (Wildman–Crippen MR) is 83.2 cm³/mol. The SMILES string of the molecule is CC(Cn1cccn1)NC(=O)N1CCCC1c1cccs1. The van der Waals surface area contributed by atoms with Crippen molar-refractivity contribution < 1.29 is 4.79 Å². The minimum atomic E-state index is 0.0329. The van der Waals surface area contributed by atoms with Crippen molar-refractivity contribution in [3.05, 3.63) is 40.8 Å². The molecule has 0 spiro atoms. The van der Waals surface area contributed by atoms with Gasteiger partial charge in [0.15, 0.2) is 0 Å². The molecule has 2 unspecified atom stereocenters. The zero-order chi connectivity index (χ0) is 14.7. The first kappa shape index (κ1) is 14.1. The lowest BCUT2D eigenvalue weighted by atomic mass is 10.2. The highest BCUT2D eigenvalue weighted by atomic mass is 32.1. The molecule has 1 N–H and O–H groups in total. The van der Waals surface area contributed by atoms with E-state index in [-0.39, 0.29) is 18.1 Å². The van der Waals surface area contributed by atoms with Gasteiger partial charge in [-0.05, 0) is 37.3 Å². The van der Waals surface area contributed by atoms with Crippen molar-refractivity contribution in [1.82, 2.24) is 20.0 Å². The lowest BCUT2D eigenvalue weighted by molar-refractivity contribution is 0.189. The van der Waals surface area contributed by atoms with Gasteiger partial charge >= 0.3 is 6.03 Å². The number of nitrogens with zero attached hydrogens (tertiary/aromatic N) is 3. The smallest absolute Gasteiger partial charge is 0.318 e. The van der Waals surface area contributed by atoms with Gasteiger partial charge in [0.1, 0.15) is 0 Å². The molecular weight excluding hydrogens is 284 g/mol. The third-order valence-corrected chi connectivity index (χ3v) is 4.75. The standard InChI is InChI=1S/C15H20N4OS/c1-12(11-18-8-4-7-16-18)17-15(20)19-9-2-5-13(19)14-6-3-10-21-14/h3-4,6-8,10,12-13H,2,5,9,11H2,1H3,(H,17,20). The average molecular weight is 304 g/mol. The number of likely N-dealkylation sites (tertiary alicyclic amines) is 1. The summed E-state index contributed by atoms with van der Waals surface area (Å²) in [4.78, 5) is 15.7. The van der Waals surface area contributed by atoms with Gasteiger partial charge in [-0.3, -0.25) is 4.68 Å². The monoisotopic (exact) mass is 304 g/mol. The van der Waals surface area contributed by atoms with Crippen molar-refractivity contribution in [2.75, 3.05) is 6.54 Å². The Bertz CT molecular complexity index is 567. The summed E-state index contributed by atoms with van der Waals surface area (Å²) in [5.41, 5.74) is 0. The van der Waals surface area contributed by atoms with Crippen molar-refractivity contribution in [2.45, 2.75) is 38.4 Å². The van der Waals surface area contributed by atoms with Crippen LogP contribution in [0.2, 0.25) is 0 Å². The number of amides is 2. The van der Waals surface area contributed by atoms with E-state index in [1.807, 2.05) is 28.8 Å². The van der Waals surface area contributed by atoms with E-state index < -0.39 is 0 Å². The molecule has 1 saturated heterocycles. The summed E-state index contributed by atoms with van der Waals surface area (Å²) in [7, 11) is 0. The van der Waals surface area contributed by atoms with Gasteiger partial charge in [-0.1, -0.05) is 6.07 Å². The Balaban J connectivity index is 1.59. The van der Waals surface area contributed by atoms with Crippen molar-refractivity contribution in [3.63, 3.8) is 0 Å². The van der Waals surface area contributed by atoms with E-state index in [1.54, 1.807) is 17.5 Å². The first-order valence-corrected chi connectivity index (χ1v) is 8.20. The fourth-order valence-electron chi connectivity index (χ4n) is 2.81. The van der Waals surface area contributed by atoms with Gasteiger partial charge in [0.05, 0.1) is 12.6 Å². The van der Waals surface area contributed by atoms with E-state index in [2.05, 4.69) is 27.9 Å². The molecule has 2 aromatic rings. The van der Waals surface area contributed by atoms with Crippen molar-refractivity contribution >= 4 is 17.4 Å². The summed E-state index contributed by atoms with van der Waals surface area (Å²) >= 11 is 1.73. The number of urea groups is 1. The molecule has 2 amide bonds. The highest BCUT2D eigenvalue weighted by Gasteiger charge is 2.31. The molecule has 112 valence electrons. The second-order valence-electron chi connectivity index (χ2n) is 5.45. The number of thiophene rings is 1. The predicted octanol–water partition coefficient (Wildman–Crippen LogP) is 2.88. The minimum Gasteiger partial charge on any atom is -0.334 e. The van der Waals surface area contributed by atoms with Crippen molar-refractivity contribution in [3.8, 4) is 0 Å². The third-order valence-electron chi connectivity index (χ3n) is 3.78. The minimum absolute atomic E-state index is 0.0329. The van der Waals surface area contributed by atoms with Crippen LogP contribution in [0.4, 0.5) is 4.79 Å². The molecule has 5 nitrogen and oxygen atoms in total. The van der Waals surface area contributed by atoms with E-state index in [1.165, 1.54) is 4.88 Å². The maximum Gasteiger partial charge on any atom is 0.318 e. The fourth-order valence-corrected chi connectivity index (χ4v) is 3.69. The number of carbonyl (C=O) groups is 1. The largest absolute Gasteiger partial charge is 0.334 e. The molecule has 2 aromatic heterocycles. The highest BCUT2D eigenvalue weighted by molar-refractivity contribution is 7.10. The summed E-state index contributed by atoms with van der Waals surface area (Å²) in [5, 5.41) is 9.33. The molecule has 0 aromatic carbocycles. The summed E-state index contributed by atoms with van der Waals surface area (Å²) in [6, 6.07) is 6.39. The molecular formula is C15H20N4OS. The molecule has 0 radical (unpaired) electrons. The molecule has 0 saturated carbocycles. The zero-order valence-electron chi connectivity index (χ0n) is 12.1. The second-order valence-corrected chi connectivity index (χ2v) is 6.42. The summed E-state index contributed by atoms with van der Waals surface area (Å²) < 4.78 is 1.84. The number of rotatable bonds is 4. The molecule has 2 atom stereocenters. The zero-order valence-corrected chi connectivity index (χ0v) is 12.9. The van der Waals surface area contributed by atoms with E-state index >= 15 is 0 Å². The number of hydrogen-bond acceptors (Lipinski definition) is 3. The molecule has 0 aliphatic carbocycles. The quantitative estimate of drug-likeness (QED) is 0.944. The molecule has 1 fully saturated rings. The fraction of sp³-hybridized carbons (Fsp3) is 0.467. The van der Waals surface area contributed by atoms with Gasteiger partial charge in [-0.2, -0.15) is 5.10 Å². The topological polar surface area (TPSA) is 50.2 Å². The molecule has 1 aliphatic heterocycles. The Morgan fingerprint density at radius 3 is 3.19 bits per heavy atom. The van der Waals surface area contributed by atoms with Crippen LogP contribution >= 0.6 is 11.3 Å². The van der Waals surface area contributed by atoms with E-state index in [0.717, 1.165) is 19.4 Å². The Hall–Kier alpha value is -1.82. The molecule has 3 heterocycles. The van der Waals surface area contributed by atoms with Crippen LogP contribution in [0.5, 0.6) is 0 Å². The molecule has 0 bridgehead atoms. The van der Waals surface area contributed by atoms with Crippen molar-refractivity contribution in [1.29, 1.82) is 0 Å². The van der Waals surface area contributed by atoms with Crippen LogP contribution < -0.4 is 5.32 Å². The number of hydrogen-bond donors (Lipinski definition) is 1. The maximum absolute atomic E-state index is 12.5. The lowest BCUT2D eigenvalue weighted by Crippen LogP contribution is -2.44. The van der Waals surface area contributed by atoms with Crippen LogP contribution in [-0.2, 0) is 6.54 Å². The van der Waals surface area contributed by atoms with Gasteiger partial charge in [-0.15, -0.1) is 11.3 Å². The number of carbonyl (C=O) groups excluding carboxylic acids is 1. The normalized spacial score (nSPS) is 19.7. The first-order valence-electron chi connectivity index (χ1n) is 7.32. The summed E-state index contributed by atoms with van der Waals surface area (Å²) in [6.45, 7) is 3.54. The average Bonchev–Trinajstić information content (AvgIpc) is 3.20. The summed E-state index contributed by atoms with van der Waals surface area (Å²) in [5.74, 6) is 0. The van der Waals surface area contributed by atoms with Gasteiger partial charge in [0, 0.05) is 29.9 Å². The number of nitrogens with one attached hydrogen (secondary N) is 1. The van der Waals surface area contributed by atoms with Crippen LogP contribution in [0.15, 0.2) is 36.0 Å². The van der Waals surface area contributed by atoms with Gasteiger partial charge in [-0.25, -0.2) is 4.79 Å². The first-order chi connectivity index (χ1) is 10.2. The molecule has 6 heteroatoms. The van der Waals surface area contributed by atoms with Crippen molar-refractivity contribution in [2.24, 2.45) is 0 Å². The van der Waals surface area contributed by atoms with Gasteiger partial charge < -0.3 is 10.2 Å². The third kappa shape index (κ3) is 3.26. The van der Waals surface area contributed by atoms with E-state index in [0.29, 0.717) is 6.54 Å². The lowest BCUT2D eigenvalue weighted by Gasteiger charge is -2.26. The van der Waals surface area contributed by atoms with Crippen LogP contribution in [0.3, 0.4) is 0 Å². The highest BCUT2D eigenvalue weighted by Crippen LogP contribution is 2.34. The Labute approximate surface area is 128 Å². The molecule has 21 heavy (non-hydrogen) atoms. The van der Waals surface area contributed by atoms with Crippen LogP contribution in [-0.4, -0.2) is 33.3 Å². The Morgan fingerprint density at radius 1 is 1.57 bits per heavy atom. The van der Waals surface area contributed by atoms with Crippen LogP contribution in [0, 0.1) is 0 Å². The van der Waals surface area contributed by atoms with E-state index in [9.17, 15) is 4.79 Å². The Morgan fingerprint density at radius 2 is 2.48 bits per heavy atom. The second kappa shape index (κ2) is 6.30. The van der Waals surface area contributed by atoms with Crippen LogP contribution in [0.1, 0.15) is 30.7 Å². The maximum atomic E-state index is 12.5. The number of aromatic nitrogens is 2. The van der Waals surface area contributed by atoms with E-state index in [4.69, 9.17) is 0 Å². The molecule has 1 aliphatic rings. The van der Waals surface area contributed by atoms with Crippen LogP contribution in [0.25, 0.3) is 0 Å². The van der Waals surface area contributed by atoms with Gasteiger partial charge in [0.2, 0.25) is 0 Å². The molecule has 3 rings (SSSR count).